The zero-order valence-electron chi connectivity index (χ0n) is 14.5. The van der Waals surface area contributed by atoms with Gasteiger partial charge in [0.2, 0.25) is 5.89 Å². The third-order valence-electron chi connectivity index (χ3n) is 4.19. The molecule has 0 amide bonds. The smallest absolute Gasteiger partial charge is 0.315 e. The average Bonchev–Trinajstić information content (AvgIpc) is 3.27. The van der Waals surface area contributed by atoms with Gasteiger partial charge in [-0.2, -0.15) is 0 Å². The van der Waals surface area contributed by atoms with Crippen molar-refractivity contribution in [3.63, 3.8) is 0 Å². The molecule has 0 bridgehead atoms. The average molecular weight is 494 g/mol. The molecular formula is C18H15IN4O3S. The fourth-order valence-electron chi connectivity index (χ4n) is 2.76. The van der Waals surface area contributed by atoms with E-state index in [1.165, 1.54) is 3.97 Å². The molecule has 2 heterocycles. The molecular weight excluding hydrogens is 479 g/mol. The third-order valence-corrected chi connectivity index (χ3v) is 6.73. The molecule has 7 nitrogen and oxygen atoms in total. The lowest BCUT2D eigenvalue weighted by atomic mass is 10.1. The summed E-state index contributed by atoms with van der Waals surface area (Å²) in [5.41, 5.74) is 2.32. The number of halogens is 1. The van der Waals surface area contributed by atoms with Crippen LogP contribution in [-0.4, -0.2) is 29.6 Å². The zero-order valence-corrected chi connectivity index (χ0v) is 17.4. The van der Waals surface area contributed by atoms with E-state index in [1.807, 2.05) is 13.0 Å². The minimum Gasteiger partial charge on any atom is -0.403 e. The Bertz CT molecular complexity index is 1240. The van der Waals surface area contributed by atoms with Crippen molar-refractivity contribution < 1.29 is 12.8 Å². The predicted octanol–water partition coefficient (Wildman–Crippen LogP) is 3.88. The van der Waals surface area contributed by atoms with E-state index in [2.05, 4.69) is 38.1 Å². The van der Waals surface area contributed by atoms with Crippen molar-refractivity contribution in [2.24, 2.45) is 0 Å². The van der Waals surface area contributed by atoms with Crippen LogP contribution in [0.4, 0.5) is 6.01 Å². The van der Waals surface area contributed by atoms with Gasteiger partial charge < -0.3 is 9.73 Å². The van der Waals surface area contributed by atoms with Crippen LogP contribution in [-0.2, 0) is 10.0 Å². The van der Waals surface area contributed by atoms with Crippen molar-refractivity contribution in [2.75, 3.05) is 12.4 Å². The maximum absolute atomic E-state index is 13.1. The minimum absolute atomic E-state index is 0.251. The van der Waals surface area contributed by atoms with Gasteiger partial charge in [-0.15, -0.1) is 5.10 Å². The van der Waals surface area contributed by atoms with Gasteiger partial charge in [-0.25, -0.2) is 12.4 Å². The Balaban J connectivity index is 1.85. The molecule has 0 saturated carbocycles. The van der Waals surface area contributed by atoms with Gasteiger partial charge in [0.15, 0.2) is 0 Å². The lowest BCUT2D eigenvalue weighted by Gasteiger charge is -2.08. The zero-order chi connectivity index (χ0) is 19.2. The fourth-order valence-corrected chi connectivity index (χ4v) is 5.03. The first kappa shape index (κ1) is 18.0. The number of hydrogen-bond acceptors (Lipinski definition) is 6. The van der Waals surface area contributed by atoms with Crippen LogP contribution in [0.15, 0.2) is 58.0 Å². The van der Waals surface area contributed by atoms with E-state index in [0.29, 0.717) is 17.4 Å². The molecule has 1 N–H and O–H groups in total. The van der Waals surface area contributed by atoms with E-state index in [4.69, 9.17) is 4.42 Å². The highest BCUT2D eigenvalue weighted by molar-refractivity contribution is 14.1. The molecule has 0 atom stereocenters. The minimum atomic E-state index is -3.69. The number of rotatable bonds is 4. The molecule has 0 unspecified atom stereocenters. The summed E-state index contributed by atoms with van der Waals surface area (Å²) in [6.45, 7) is 1.92. The lowest BCUT2D eigenvalue weighted by Crippen LogP contribution is -2.11. The maximum atomic E-state index is 13.1. The fraction of sp³-hybridized carbons (Fsp3) is 0.111. The van der Waals surface area contributed by atoms with E-state index >= 15 is 0 Å². The van der Waals surface area contributed by atoms with Crippen molar-refractivity contribution in [1.82, 2.24) is 14.2 Å². The van der Waals surface area contributed by atoms with Gasteiger partial charge >= 0.3 is 6.01 Å². The van der Waals surface area contributed by atoms with E-state index in [-0.39, 0.29) is 4.90 Å². The Labute approximate surface area is 169 Å². The van der Waals surface area contributed by atoms with Crippen molar-refractivity contribution in [1.29, 1.82) is 0 Å². The molecule has 4 aromatic rings. The molecule has 0 aliphatic rings. The number of hydrogen-bond donors (Lipinski definition) is 1. The normalized spacial score (nSPS) is 11.8. The number of aryl methyl sites for hydroxylation is 1. The van der Waals surface area contributed by atoms with Crippen molar-refractivity contribution in [3.8, 4) is 11.5 Å². The highest BCUT2D eigenvalue weighted by atomic mass is 127. The highest BCUT2D eigenvalue weighted by Crippen LogP contribution is 2.31. The maximum Gasteiger partial charge on any atom is 0.315 e. The van der Waals surface area contributed by atoms with Crippen LogP contribution in [0.25, 0.3) is 22.4 Å². The number of benzene rings is 2. The van der Waals surface area contributed by atoms with Crippen molar-refractivity contribution in [3.05, 3.63) is 57.8 Å². The molecule has 0 fully saturated rings. The largest absolute Gasteiger partial charge is 0.403 e. The van der Waals surface area contributed by atoms with E-state index in [0.717, 1.165) is 20.1 Å². The summed E-state index contributed by atoms with van der Waals surface area (Å²) in [5, 5.41) is 11.5. The molecule has 27 heavy (non-hydrogen) atoms. The molecule has 138 valence electrons. The summed E-state index contributed by atoms with van der Waals surface area (Å²) < 4.78 is 33.8. The molecule has 0 aliphatic carbocycles. The number of aromatic nitrogens is 3. The van der Waals surface area contributed by atoms with Gasteiger partial charge in [-0.3, -0.25) is 0 Å². The number of nitrogens with zero attached hydrogens (tertiary/aromatic N) is 3. The Morgan fingerprint density at radius 2 is 1.85 bits per heavy atom. The second-order valence-electron chi connectivity index (χ2n) is 5.99. The summed E-state index contributed by atoms with van der Waals surface area (Å²) in [5.74, 6) is 0.367. The summed E-state index contributed by atoms with van der Waals surface area (Å²) in [4.78, 5) is 0.251. The molecule has 0 radical (unpaired) electrons. The standard InChI is InChI=1S/C18H15IN4O3S/c1-11-3-6-13(7-4-11)27(24,25)23-10-15(19)14-9-12(5-8-16(14)23)17-21-22-18(20-2)26-17/h3-10H,1-2H3,(H,20,22). The van der Waals surface area contributed by atoms with Crippen LogP contribution in [0, 0.1) is 10.5 Å². The van der Waals surface area contributed by atoms with Gasteiger partial charge in [0, 0.05) is 27.8 Å². The third kappa shape index (κ3) is 3.10. The number of nitrogens with one attached hydrogen (secondary N) is 1. The molecule has 2 aromatic carbocycles. The van der Waals surface area contributed by atoms with Gasteiger partial charge in [-0.1, -0.05) is 22.8 Å². The van der Waals surface area contributed by atoms with Gasteiger partial charge in [-0.05, 0) is 59.8 Å². The van der Waals surface area contributed by atoms with Crippen LogP contribution in [0.2, 0.25) is 0 Å². The molecule has 9 heteroatoms. The molecule has 0 spiro atoms. The van der Waals surface area contributed by atoms with Crippen molar-refractivity contribution >= 4 is 49.5 Å². The second-order valence-corrected chi connectivity index (χ2v) is 8.96. The van der Waals surface area contributed by atoms with E-state index in [1.54, 1.807) is 49.6 Å². The highest BCUT2D eigenvalue weighted by Gasteiger charge is 2.21. The summed E-state index contributed by atoms with van der Waals surface area (Å²) in [6.07, 6.45) is 1.62. The quantitative estimate of drug-likeness (QED) is 0.433. The first-order valence-corrected chi connectivity index (χ1v) is 10.6. The Kier molecular flexibility index (Phi) is 4.42. The van der Waals surface area contributed by atoms with Gasteiger partial charge in [0.1, 0.15) is 0 Å². The molecule has 0 saturated heterocycles. The van der Waals surface area contributed by atoms with Gasteiger partial charge in [0.25, 0.3) is 10.0 Å². The first-order chi connectivity index (χ1) is 12.9. The van der Waals surface area contributed by atoms with E-state index < -0.39 is 10.0 Å². The monoisotopic (exact) mass is 494 g/mol. The Hall–Kier alpha value is -2.40. The summed E-state index contributed by atoms with van der Waals surface area (Å²) >= 11 is 2.13. The van der Waals surface area contributed by atoms with Gasteiger partial charge in [0.05, 0.1) is 10.4 Å². The number of fused-ring (bicyclic) bond motifs is 1. The molecule has 2 aromatic heterocycles. The molecule has 4 rings (SSSR count). The first-order valence-electron chi connectivity index (χ1n) is 8.04. The topological polar surface area (TPSA) is 90.0 Å². The predicted molar refractivity (Wildman–Crippen MR) is 111 cm³/mol. The summed E-state index contributed by atoms with van der Waals surface area (Å²) in [6, 6.07) is 12.5. The van der Waals surface area contributed by atoms with Crippen LogP contribution in [0.3, 0.4) is 0 Å². The van der Waals surface area contributed by atoms with Crippen LogP contribution >= 0.6 is 22.6 Å². The SMILES string of the molecule is CNc1nnc(-c2ccc3c(c2)c(I)cn3S(=O)(=O)c2ccc(C)cc2)o1. The van der Waals surface area contributed by atoms with Crippen LogP contribution in [0.1, 0.15) is 5.56 Å². The number of anilines is 1. The molecule has 0 aliphatic heterocycles. The van der Waals surface area contributed by atoms with Crippen LogP contribution < -0.4 is 5.32 Å². The van der Waals surface area contributed by atoms with E-state index in [9.17, 15) is 8.42 Å². The lowest BCUT2D eigenvalue weighted by molar-refractivity contribution is 0.585. The van der Waals surface area contributed by atoms with Crippen LogP contribution in [0.5, 0.6) is 0 Å². The Morgan fingerprint density at radius 3 is 2.52 bits per heavy atom. The second kappa shape index (κ2) is 6.64. The Morgan fingerprint density at radius 1 is 1.11 bits per heavy atom. The summed E-state index contributed by atoms with van der Waals surface area (Å²) in [7, 11) is -1.99. The van der Waals surface area contributed by atoms with Crippen molar-refractivity contribution in [2.45, 2.75) is 11.8 Å².